The van der Waals surface area contributed by atoms with Crippen molar-refractivity contribution in [1.82, 2.24) is 0 Å². The monoisotopic (exact) mass is 705 g/mol. The van der Waals surface area contributed by atoms with Crippen LogP contribution < -0.4 is 4.90 Å². The van der Waals surface area contributed by atoms with Gasteiger partial charge in [-0.05, 0) is 120 Å². The van der Waals surface area contributed by atoms with E-state index in [4.69, 9.17) is 0 Å². The highest BCUT2D eigenvalue weighted by atomic mass is 15.1. The van der Waals surface area contributed by atoms with Gasteiger partial charge in [-0.2, -0.15) is 0 Å². The predicted molar refractivity (Wildman–Crippen MR) is 233 cm³/mol. The number of hydrogen-bond donors (Lipinski definition) is 0. The average molecular weight is 706 g/mol. The topological polar surface area (TPSA) is 3.24 Å². The van der Waals surface area contributed by atoms with Crippen LogP contribution in [0.1, 0.15) is 49.9 Å². The molecule has 10 rings (SSSR count). The number of hydrogen-bond acceptors (Lipinski definition) is 1. The molecule has 0 saturated heterocycles. The number of fused-ring (bicyclic) bond motifs is 6. The summed E-state index contributed by atoms with van der Waals surface area (Å²) in [5.41, 5.74) is 21.4. The third kappa shape index (κ3) is 5.29. The zero-order valence-corrected chi connectivity index (χ0v) is 31.8. The Balaban J connectivity index is 1.15. The molecule has 1 heteroatoms. The highest BCUT2D eigenvalue weighted by molar-refractivity contribution is 5.92. The van der Waals surface area contributed by atoms with Gasteiger partial charge in [0.05, 0.1) is 0 Å². The molecule has 2 aliphatic carbocycles. The van der Waals surface area contributed by atoms with Crippen LogP contribution in [0, 0.1) is 0 Å². The van der Waals surface area contributed by atoms with Crippen molar-refractivity contribution in [2.45, 2.75) is 38.5 Å². The van der Waals surface area contributed by atoms with Crippen LogP contribution in [0.3, 0.4) is 0 Å². The lowest BCUT2D eigenvalue weighted by atomic mass is 9.81. The molecule has 0 saturated carbocycles. The molecule has 264 valence electrons. The molecule has 1 nitrogen and oxygen atoms in total. The van der Waals surface area contributed by atoms with Crippen molar-refractivity contribution >= 4 is 17.1 Å². The van der Waals surface area contributed by atoms with Crippen LogP contribution in [0.4, 0.5) is 17.1 Å². The minimum atomic E-state index is -0.106. The van der Waals surface area contributed by atoms with Crippen molar-refractivity contribution in [3.8, 4) is 55.6 Å². The van der Waals surface area contributed by atoms with E-state index in [1.54, 1.807) is 0 Å². The molecule has 8 aromatic carbocycles. The van der Waals surface area contributed by atoms with Crippen molar-refractivity contribution in [3.05, 3.63) is 210 Å². The van der Waals surface area contributed by atoms with Crippen LogP contribution in [-0.2, 0) is 10.8 Å². The normalized spacial score (nSPS) is 14.1. The molecule has 0 unspecified atom stereocenters. The summed E-state index contributed by atoms with van der Waals surface area (Å²) in [6.07, 6.45) is 0. The molecule has 2 aliphatic rings. The SMILES string of the molecule is CC1(C)c2ccccc2-c2ccc(-c3ccc(N(c4ccc(-c5ccccc5)cc4)c4ccc5c(c4)C(C)(C)c4ccccc4-5)cc3-c3ccccc3)cc21. The molecule has 0 atom stereocenters. The Hall–Kier alpha value is -6.44. The van der Waals surface area contributed by atoms with E-state index in [1.165, 1.54) is 77.9 Å². The number of rotatable bonds is 6. The van der Waals surface area contributed by atoms with Gasteiger partial charge >= 0.3 is 0 Å². The Bertz CT molecular complexity index is 2740. The fourth-order valence-electron chi connectivity index (χ4n) is 9.36. The predicted octanol–water partition coefficient (Wildman–Crippen LogP) is 14.8. The van der Waals surface area contributed by atoms with E-state index < -0.39 is 0 Å². The van der Waals surface area contributed by atoms with Crippen LogP contribution in [0.15, 0.2) is 188 Å². The van der Waals surface area contributed by atoms with Gasteiger partial charge in [-0.3, -0.25) is 0 Å². The molecule has 8 aromatic rings. The fraction of sp³-hybridized carbons (Fsp3) is 0.111. The lowest BCUT2D eigenvalue weighted by molar-refractivity contribution is 0.660. The van der Waals surface area contributed by atoms with E-state index in [0.29, 0.717) is 0 Å². The van der Waals surface area contributed by atoms with E-state index >= 15 is 0 Å². The second-order valence-corrected chi connectivity index (χ2v) is 16.2. The largest absolute Gasteiger partial charge is 0.310 e. The van der Waals surface area contributed by atoms with Crippen molar-refractivity contribution in [2.24, 2.45) is 0 Å². The van der Waals surface area contributed by atoms with Gasteiger partial charge in [0.2, 0.25) is 0 Å². The summed E-state index contributed by atoms with van der Waals surface area (Å²) in [4.78, 5) is 2.44. The molecule has 0 fully saturated rings. The smallest absolute Gasteiger partial charge is 0.0468 e. The molecule has 0 aliphatic heterocycles. The summed E-state index contributed by atoms with van der Waals surface area (Å²) in [5, 5.41) is 0. The summed E-state index contributed by atoms with van der Waals surface area (Å²) >= 11 is 0. The van der Waals surface area contributed by atoms with Gasteiger partial charge in [-0.15, -0.1) is 0 Å². The minimum absolute atomic E-state index is 0.0709. The van der Waals surface area contributed by atoms with Gasteiger partial charge in [-0.25, -0.2) is 0 Å². The van der Waals surface area contributed by atoms with Crippen molar-refractivity contribution in [2.75, 3.05) is 4.90 Å². The summed E-state index contributed by atoms with van der Waals surface area (Å²) in [6.45, 7) is 9.44. The van der Waals surface area contributed by atoms with Gasteiger partial charge in [0.25, 0.3) is 0 Å². The Kier molecular flexibility index (Phi) is 7.58. The second-order valence-electron chi connectivity index (χ2n) is 16.2. The van der Waals surface area contributed by atoms with Crippen LogP contribution in [0.5, 0.6) is 0 Å². The number of benzene rings is 8. The maximum absolute atomic E-state index is 2.44. The van der Waals surface area contributed by atoms with Gasteiger partial charge in [-0.1, -0.05) is 173 Å². The third-order valence-electron chi connectivity index (χ3n) is 12.3. The molecule has 0 heterocycles. The summed E-state index contributed by atoms with van der Waals surface area (Å²) in [7, 11) is 0. The first-order valence-corrected chi connectivity index (χ1v) is 19.4. The second kappa shape index (κ2) is 12.6. The van der Waals surface area contributed by atoms with E-state index in [1.807, 2.05) is 0 Å². The van der Waals surface area contributed by atoms with Crippen LogP contribution in [0.25, 0.3) is 55.6 Å². The van der Waals surface area contributed by atoms with E-state index in [2.05, 4.69) is 221 Å². The van der Waals surface area contributed by atoms with E-state index in [-0.39, 0.29) is 10.8 Å². The molecule has 0 bridgehead atoms. The molecule has 0 aromatic heterocycles. The fourth-order valence-corrected chi connectivity index (χ4v) is 9.36. The minimum Gasteiger partial charge on any atom is -0.310 e. The Morgan fingerprint density at radius 2 is 0.691 bits per heavy atom. The van der Waals surface area contributed by atoms with Gasteiger partial charge in [0, 0.05) is 27.9 Å². The molecule has 0 N–H and O–H groups in total. The zero-order valence-electron chi connectivity index (χ0n) is 31.8. The van der Waals surface area contributed by atoms with Crippen molar-refractivity contribution < 1.29 is 0 Å². The van der Waals surface area contributed by atoms with Gasteiger partial charge in [0.1, 0.15) is 0 Å². The van der Waals surface area contributed by atoms with E-state index in [0.717, 1.165) is 17.1 Å². The first kappa shape index (κ1) is 33.2. The molecule has 0 amide bonds. The van der Waals surface area contributed by atoms with E-state index in [9.17, 15) is 0 Å². The molecule has 0 spiro atoms. The molecule has 55 heavy (non-hydrogen) atoms. The van der Waals surface area contributed by atoms with Crippen LogP contribution in [0.2, 0.25) is 0 Å². The van der Waals surface area contributed by atoms with Crippen molar-refractivity contribution in [1.29, 1.82) is 0 Å². The first-order chi connectivity index (χ1) is 26.8. The maximum atomic E-state index is 2.44. The molecule has 0 radical (unpaired) electrons. The van der Waals surface area contributed by atoms with Crippen LogP contribution >= 0.6 is 0 Å². The Labute approximate surface area is 325 Å². The average Bonchev–Trinajstić information content (AvgIpc) is 3.61. The third-order valence-corrected chi connectivity index (χ3v) is 12.3. The van der Waals surface area contributed by atoms with Crippen molar-refractivity contribution in [3.63, 3.8) is 0 Å². The lowest BCUT2D eigenvalue weighted by Crippen LogP contribution is -2.16. The highest BCUT2D eigenvalue weighted by Crippen LogP contribution is 2.52. The standard InChI is InChI=1S/C54H43N/c1-53(2)49-21-13-11-19-44(49)46-30-25-39(33-51(46)53)43-31-28-41(34-48(43)38-17-9-6-10-18-38)55(40-26-23-37(24-27-40)36-15-7-5-8-16-36)42-29-32-47-45-20-12-14-22-50(45)54(3,4)52(47)35-42/h5-35H,1-4H3. The number of nitrogens with zero attached hydrogens (tertiary/aromatic N) is 1. The van der Waals surface area contributed by atoms with Crippen LogP contribution in [-0.4, -0.2) is 0 Å². The van der Waals surface area contributed by atoms with Gasteiger partial charge < -0.3 is 4.90 Å². The summed E-state index contributed by atoms with van der Waals surface area (Å²) < 4.78 is 0. The lowest BCUT2D eigenvalue weighted by Gasteiger charge is -2.29. The summed E-state index contributed by atoms with van der Waals surface area (Å²) in [6, 6.07) is 69.5. The quantitative estimate of drug-likeness (QED) is 0.166. The maximum Gasteiger partial charge on any atom is 0.0468 e. The zero-order chi connectivity index (χ0) is 37.3. The van der Waals surface area contributed by atoms with Gasteiger partial charge in [0.15, 0.2) is 0 Å². The highest BCUT2D eigenvalue weighted by Gasteiger charge is 2.37. The Morgan fingerprint density at radius 1 is 0.273 bits per heavy atom. The molecular formula is C54H43N. The molecular weight excluding hydrogens is 663 g/mol. The number of anilines is 3. The summed E-state index contributed by atoms with van der Waals surface area (Å²) in [5.74, 6) is 0. The first-order valence-electron chi connectivity index (χ1n) is 19.4. The Morgan fingerprint density at radius 3 is 1.31 bits per heavy atom.